The lowest BCUT2D eigenvalue weighted by Gasteiger charge is -2.16. The molecule has 1 rings (SSSR count). The highest BCUT2D eigenvalue weighted by Gasteiger charge is 2.40. The highest BCUT2D eigenvalue weighted by molar-refractivity contribution is 5.95. The lowest BCUT2D eigenvalue weighted by molar-refractivity contribution is -0.206. The van der Waals surface area contributed by atoms with Crippen LogP contribution in [0.4, 0.5) is 13.2 Å². The van der Waals surface area contributed by atoms with Crippen LogP contribution < -0.4 is 0 Å². The summed E-state index contributed by atoms with van der Waals surface area (Å²) in [5.74, 6) is -0.506. The Morgan fingerprint density at radius 1 is 1.33 bits per heavy atom. The first kappa shape index (κ1) is 11.7. The van der Waals surface area contributed by atoms with Crippen LogP contribution in [0.25, 0.3) is 0 Å². The van der Waals surface area contributed by atoms with Gasteiger partial charge in [0.1, 0.15) is 0 Å². The zero-order valence-corrected chi connectivity index (χ0v) is 7.88. The summed E-state index contributed by atoms with van der Waals surface area (Å²) in [5.41, 5.74) is -0.514. The molecule has 1 aromatic rings. The zero-order valence-electron chi connectivity index (χ0n) is 7.88. The molecule has 1 unspecified atom stereocenters. The van der Waals surface area contributed by atoms with Gasteiger partial charge in [-0.05, 0) is 6.92 Å². The Balaban J connectivity index is 3.19. The van der Waals surface area contributed by atoms with Crippen LogP contribution in [0.3, 0.4) is 0 Å². The number of Topliss-reactive ketones (excluding diaryl/α,β-unsaturated/α-hetero) is 1. The van der Waals surface area contributed by atoms with Gasteiger partial charge in [-0.2, -0.15) is 13.2 Å². The summed E-state index contributed by atoms with van der Waals surface area (Å²) < 4.78 is 36.7. The van der Waals surface area contributed by atoms with Crippen LogP contribution in [-0.2, 0) is 0 Å². The van der Waals surface area contributed by atoms with Gasteiger partial charge in [0.15, 0.2) is 11.9 Å². The van der Waals surface area contributed by atoms with Crippen LogP contribution in [0.15, 0.2) is 24.3 Å². The summed E-state index contributed by atoms with van der Waals surface area (Å²) in [6.07, 6.45) is -7.37. The number of alkyl halides is 3. The normalized spacial score (nSPS) is 13.7. The summed E-state index contributed by atoms with van der Waals surface area (Å²) in [4.78, 5) is 11.0. The largest absolute Gasteiger partial charge is 0.418 e. The summed E-state index contributed by atoms with van der Waals surface area (Å²) >= 11 is 0. The minimum atomic E-state index is -4.76. The van der Waals surface area contributed by atoms with Crippen LogP contribution in [0.1, 0.15) is 28.9 Å². The predicted molar refractivity (Wildman–Crippen MR) is 47.5 cm³/mol. The molecule has 0 spiro atoms. The predicted octanol–water partition coefficient (Wildman–Crippen LogP) is 2.48. The van der Waals surface area contributed by atoms with Crippen LogP contribution in [0.5, 0.6) is 0 Å². The van der Waals surface area contributed by atoms with Gasteiger partial charge in [-0.1, -0.05) is 24.3 Å². The van der Waals surface area contributed by atoms with Gasteiger partial charge in [0.2, 0.25) is 0 Å². The fraction of sp³-hybridized carbons (Fsp3) is 0.300. The van der Waals surface area contributed by atoms with E-state index in [1.54, 1.807) is 0 Å². The van der Waals surface area contributed by atoms with Crippen molar-refractivity contribution in [2.75, 3.05) is 0 Å². The van der Waals surface area contributed by atoms with Gasteiger partial charge in [-0.15, -0.1) is 0 Å². The molecule has 0 aliphatic rings. The summed E-state index contributed by atoms with van der Waals surface area (Å²) in [5, 5.41) is 9.01. The topological polar surface area (TPSA) is 37.3 Å². The van der Waals surface area contributed by atoms with E-state index in [4.69, 9.17) is 5.11 Å². The Bertz CT molecular complexity index is 371. The molecule has 1 aromatic carbocycles. The van der Waals surface area contributed by atoms with Gasteiger partial charge in [0.25, 0.3) is 0 Å². The molecular weight excluding hydrogens is 209 g/mol. The second-order valence-electron chi connectivity index (χ2n) is 3.09. The minimum absolute atomic E-state index is 0.109. The molecule has 0 saturated carbocycles. The first-order chi connectivity index (χ1) is 6.84. The third kappa shape index (κ3) is 2.56. The number of halogens is 3. The van der Waals surface area contributed by atoms with Crippen molar-refractivity contribution < 1.29 is 23.1 Å². The Morgan fingerprint density at radius 2 is 1.87 bits per heavy atom. The number of carbonyl (C=O) groups excluding carboxylic acids is 1. The van der Waals surface area contributed by atoms with E-state index in [0.29, 0.717) is 0 Å². The van der Waals surface area contributed by atoms with Crippen molar-refractivity contribution in [3.8, 4) is 0 Å². The maximum atomic E-state index is 12.2. The molecule has 0 aromatic heterocycles. The van der Waals surface area contributed by atoms with Crippen LogP contribution >= 0.6 is 0 Å². The smallest absolute Gasteiger partial charge is 0.379 e. The van der Waals surface area contributed by atoms with Gasteiger partial charge in [0, 0.05) is 11.1 Å². The molecule has 82 valence electrons. The molecule has 15 heavy (non-hydrogen) atoms. The van der Waals surface area contributed by atoms with E-state index in [1.165, 1.54) is 18.2 Å². The number of rotatable bonds is 2. The zero-order chi connectivity index (χ0) is 11.6. The average Bonchev–Trinajstić information content (AvgIpc) is 2.15. The SMILES string of the molecule is CC(=O)c1ccccc1C(O)C(F)(F)F. The van der Waals surface area contributed by atoms with Crippen molar-refractivity contribution >= 4 is 5.78 Å². The van der Waals surface area contributed by atoms with Crippen molar-refractivity contribution in [3.05, 3.63) is 35.4 Å². The van der Waals surface area contributed by atoms with E-state index in [9.17, 15) is 18.0 Å². The molecule has 0 aliphatic heterocycles. The first-order valence-electron chi connectivity index (χ1n) is 4.18. The van der Waals surface area contributed by atoms with E-state index in [2.05, 4.69) is 0 Å². The molecular formula is C10H9F3O2. The summed E-state index contributed by atoms with van der Waals surface area (Å²) in [6.45, 7) is 1.15. The van der Waals surface area contributed by atoms with E-state index >= 15 is 0 Å². The van der Waals surface area contributed by atoms with Crippen molar-refractivity contribution in [2.24, 2.45) is 0 Å². The molecule has 1 atom stereocenters. The van der Waals surface area contributed by atoms with Gasteiger partial charge in [-0.25, -0.2) is 0 Å². The van der Waals surface area contributed by atoms with Crippen molar-refractivity contribution in [2.45, 2.75) is 19.2 Å². The molecule has 0 amide bonds. The fourth-order valence-corrected chi connectivity index (χ4v) is 1.23. The van der Waals surface area contributed by atoms with E-state index in [0.717, 1.165) is 13.0 Å². The third-order valence-electron chi connectivity index (χ3n) is 1.94. The quantitative estimate of drug-likeness (QED) is 0.774. The summed E-state index contributed by atoms with van der Waals surface area (Å²) in [6, 6.07) is 5.14. The van der Waals surface area contributed by atoms with E-state index in [1.807, 2.05) is 0 Å². The van der Waals surface area contributed by atoms with Crippen molar-refractivity contribution in [3.63, 3.8) is 0 Å². The monoisotopic (exact) mass is 218 g/mol. The maximum Gasteiger partial charge on any atom is 0.418 e. The maximum absolute atomic E-state index is 12.2. The molecule has 0 heterocycles. The Kier molecular flexibility index (Phi) is 3.14. The number of aliphatic hydroxyl groups excluding tert-OH is 1. The summed E-state index contributed by atoms with van der Waals surface area (Å²) in [7, 11) is 0. The van der Waals surface area contributed by atoms with Crippen molar-refractivity contribution in [1.82, 2.24) is 0 Å². The molecule has 2 nitrogen and oxygen atoms in total. The molecule has 1 N–H and O–H groups in total. The highest BCUT2D eigenvalue weighted by atomic mass is 19.4. The van der Waals surface area contributed by atoms with Gasteiger partial charge in [0.05, 0.1) is 0 Å². The van der Waals surface area contributed by atoms with Crippen LogP contribution in [-0.4, -0.2) is 17.1 Å². The molecule has 0 saturated heterocycles. The van der Waals surface area contributed by atoms with Crippen LogP contribution in [0.2, 0.25) is 0 Å². The average molecular weight is 218 g/mol. The fourth-order valence-electron chi connectivity index (χ4n) is 1.23. The first-order valence-corrected chi connectivity index (χ1v) is 4.18. The standard InChI is InChI=1S/C10H9F3O2/c1-6(14)7-4-2-3-5-8(7)9(15)10(11,12)13/h2-5,9,15H,1H3. The van der Waals surface area contributed by atoms with Gasteiger partial charge >= 0.3 is 6.18 Å². The third-order valence-corrected chi connectivity index (χ3v) is 1.94. The molecule has 0 radical (unpaired) electrons. The number of hydrogen-bond donors (Lipinski definition) is 1. The lowest BCUT2D eigenvalue weighted by atomic mass is 9.99. The van der Waals surface area contributed by atoms with E-state index < -0.39 is 23.6 Å². The highest BCUT2D eigenvalue weighted by Crippen LogP contribution is 2.34. The lowest BCUT2D eigenvalue weighted by Crippen LogP contribution is -2.22. The van der Waals surface area contributed by atoms with Crippen molar-refractivity contribution in [1.29, 1.82) is 0 Å². The number of carbonyl (C=O) groups is 1. The van der Waals surface area contributed by atoms with Gasteiger partial charge < -0.3 is 5.11 Å². The van der Waals surface area contributed by atoms with E-state index in [-0.39, 0.29) is 5.56 Å². The number of ketones is 1. The molecule has 0 bridgehead atoms. The molecule has 0 fully saturated rings. The second kappa shape index (κ2) is 4.02. The number of aliphatic hydroxyl groups is 1. The number of benzene rings is 1. The second-order valence-corrected chi connectivity index (χ2v) is 3.09. The molecule has 5 heteroatoms. The minimum Gasteiger partial charge on any atom is -0.379 e. The Hall–Kier alpha value is -1.36. The van der Waals surface area contributed by atoms with Crippen LogP contribution in [0, 0.1) is 0 Å². The van der Waals surface area contributed by atoms with Gasteiger partial charge in [-0.3, -0.25) is 4.79 Å². The Morgan fingerprint density at radius 3 is 2.33 bits per heavy atom. The number of hydrogen-bond acceptors (Lipinski definition) is 2. The Labute approximate surface area is 84.3 Å². The molecule has 0 aliphatic carbocycles.